The number of β-amino-alcohol motifs (C(OH)–C–C–N with tert-alkyl or cyclic N) is 1. The fraction of sp³-hybridized carbons (Fsp3) is 0.588. The van der Waals surface area contributed by atoms with Gasteiger partial charge in [0.2, 0.25) is 5.91 Å². The Bertz CT molecular complexity index is 506. The third kappa shape index (κ3) is 4.21. The van der Waals surface area contributed by atoms with E-state index in [1.165, 1.54) is 0 Å². The van der Waals surface area contributed by atoms with Gasteiger partial charge in [0.25, 0.3) is 0 Å². The summed E-state index contributed by atoms with van der Waals surface area (Å²) in [5.74, 6) is 1.06. The molecule has 1 aromatic rings. The minimum Gasteiger partial charge on any atom is -0.496 e. The van der Waals surface area contributed by atoms with Gasteiger partial charge in [0.1, 0.15) is 5.75 Å². The highest BCUT2D eigenvalue weighted by Gasteiger charge is 2.25. The van der Waals surface area contributed by atoms with Crippen LogP contribution in [0.25, 0.3) is 0 Å². The number of nitrogens with zero attached hydrogens (tertiary/aromatic N) is 1. The summed E-state index contributed by atoms with van der Waals surface area (Å²) in [5, 5.41) is 12.9. The quantitative estimate of drug-likeness (QED) is 0.867. The van der Waals surface area contributed by atoms with Crippen LogP contribution in [0.4, 0.5) is 0 Å². The number of piperidine rings is 1. The van der Waals surface area contributed by atoms with Crippen molar-refractivity contribution >= 4 is 5.91 Å². The SMILES string of the molecule is COc1ccccc1C(C)NC(=O)CN1CCC(C)C(O)C1. The third-order valence-electron chi connectivity index (χ3n) is 4.35. The molecule has 2 N–H and O–H groups in total. The molecule has 1 amide bonds. The summed E-state index contributed by atoms with van der Waals surface area (Å²) in [6.45, 7) is 5.74. The largest absolute Gasteiger partial charge is 0.496 e. The predicted octanol–water partition coefficient (Wildman–Crippen LogP) is 1.58. The van der Waals surface area contributed by atoms with Gasteiger partial charge in [-0.15, -0.1) is 0 Å². The first-order valence-corrected chi connectivity index (χ1v) is 7.84. The van der Waals surface area contributed by atoms with Gasteiger partial charge in [-0.2, -0.15) is 0 Å². The molecule has 5 heteroatoms. The summed E-state index contributed by atoms with van der Waals surface area (Å²) in [6.07, 6.45) is 0.587. The lowest BCUT2D eigenvalue weighted by atomic mass is 9.96. The summed E-state index contributed by atoms with van der Waals surface area (Å²) in [5.41, 5.74) is 0.964. The van der Waals surface area contributed by atoms with Crippen LogP contribution >= 0.6 is 0 Å². The monoisotopic (exact) mass is 306 g/mol. The third-order valence-corrected chi connectivity index (χ3v) is 4.35. The molecule has 5 nitrogen and oxygen atoms in total. The second kappa shape index (κ2) is 7.61. The Labute approximate surface area is 132 Å². The molecule has 0 radical (unpaired) electrons. The number of hydrogen-bond acceptors (Lipinski definition) is 4. The maximum atomic E-state index is 12.2. The van der Waals surface area contributed by atoms with Crippen molar-refractivity contribution < 1.29 is 14.6 Å². The number of hydrogen-bond donors (Lipinski definition) is 2. The Balaban J connectivity index is 1.89. The smallest absolute Gasteiger partial charge is 0.234 e. The second-order valence-corrected chi connectivity index (χ2v) is 6.10. The highest BCUT2D eigenvalue weighted by molar-refractivity contribution is 5.78. The first kappa shape index (κ1) is 16.8. The van der Waals surface area contributed by atoms with E-state index in [-0.39, 0.29) is 18.1 Å². The fourth-order valence-electron chi connectivity index (χ4n) is 2.85. The van der Waals surface area contributed by atoms with Crippen molar-refractivity contribution in [3.05, 3.63) is 29.8 Å². The van der Waals surface area contributed by atoms with Crippen LogP contribution < -0.4 is 10.1 Å². The average Bonchev–Trinajstić information content (AvgIpc) is 2.50. The number of ether oxygens (including phenoxy) is 1. The van der Waals surface area contributed by atoms with E-state index in [2.05, 4.69) is 5.32 Å². The zero-order valence-electron chi connectivity index (χ0n) is 13.6. The summed E-state index contributed by atoms with van der Waals surface area (Å²) in [6, 6.07) is 7.57. The molecule has 0 bridgehead atoms. The number of nitrogens with one attached hydrogen (secondary N) is 1. The van der Waals surface area contributed by atoms with Crippen molar-refractivity contribution in [3.8, 4) is 5.75 Å². The fourth-order valence-corrected chi connectivity index (χ4v) is 2.85. The van der Waals surface area contributed by atoms with Crippen molar-refractivity contribution in [2.75, 3.05) is 26.7 Å². The van der Waals surface area contributed by atoms with Crippen molar-refractivity contribution in [3.63, 3.8) is 0 Å². The number of aliphatic hydroxyl groups excluding tert-OH is 1. The predicted molar refractivity (Wildman–Crippen MR) is 85.8 cm³/mol. The molecule has 2 rings (SSSR count). The van der Waals surface area contributed by atoms with Gasteiger partial charge in [0, 0.05) is 12.1 Å². The van der Waals surface area contributed by atoms with Crippen LogP contribution in [0, 0.1) is 5.92 Å². The first-order valence-electron chi connectivity index (χ1n) is 7.84. The van der Waals surface area contributed by atoms with Crippen LogP contribution in [0.15, 0.2) is 24.3 Å². The highest BCUT2D eigenvalue weighted by atomic mass is 16.5. The van der Waals surface area contributed by atoms with Gasteiger partial charge in [-0.05, 0) is 31.9 Å². The Kier molecular flexibility index (Phi) is 5.80. The molecule has 1 heterocycles. The number of rotatable bonds is 5. The van der Waals surface area contributed by atoms with Gasteiger partial charge in [-0.1, -0.05) is 25.1 Å². The molecule has 122 valence electrons. The molecule has 3 unspecified atom stereocenters. The van der Waals surface area contributed by atoms with E-state index in [4.69, 9.17) is 4.74 Å². The molecule has 0 saturated carbocycles. The topological polar surface area (TPSA) is 61.8 Å². The summed E-state index contributed by atoms with van der Waals surface area (Å²) in [4.78, 5) is 14.2. The van der Waals surface area contributed by atoms with Crippen LogP contribution in [-0.2, 0) is 4.79 Å². The van der Waals surface area contributed by atoms with E-state index in [0.717, 1.165) is 24.3 Å². The van der Waals surface area contributed by atoms with Gasteiger partial charge in [0.15, 0.2) is 0 Å². The maximum Gasteiger partial charge on any atom is 0.234 e. The Morgan fingerprint density at radius 2 is 2.23 bits per heavy atom. The van der Waals surface area contributed by atoms with E-state index in [9.17, 15) is 9.90 Å². The van der Waals surface area contributed by atoms with Crippen molar-refractivity contribution in [1.82, 2.24) is 10.2 Å². The van der Waals surface area contributed by atoms with Gasteiger partial charge in [-0.25, -0.2) is 0 Å². The lowest BCUT2D eigenvalue weighted by molar-refractivity contribution is -0.123. The van der Waals surface area contributed by atoms with E-state index >= 15 is 0 Å². The van der Waals surface area contributed by atoms with Crippen molar-refractivity contribution in [1.29, 1.82) is 0 Å². The molecule has 1 fully saturated rings. The molecule has 1 aromatic carbocycles. The first-order chi connectivity index (χ1) is 10.5. The zero-order chi connectivity index (χ0) is 16.1. The number of para-hydroxylation sites is 1. The molecule has 0 aromatic heterocycles. The average molecular weight is 306 g/mol. The molecule has 1 aliphatic heterocycles. The van der Waals surface area contributed by atoms with E-state index in [1.54, 1.807) is 7.11 Å². The molecule has 1 aliphatic rings. The number of amides is 1. The van der Waals surface area contributed by atoms with Crippen LogP contribution in [0.5, 0.6) is 5.75 Å². The number of methoxy groups -OCH3 is 1. The van der Waals surface area contributed by atoms with E-state index < -0.39 is 0 Å². The molecular weight excluding hydrogens is 280 g/mol. The standard InChI is InChI=1S/C17H26N2O3/c1-12-8-9-19(10-15(12)20)11-17(21)18-13(2)14-6-4-5-7-16(14)22-3/h4-7,12-13,15,20H,8-11H2,1-3H3,(H,18,21). The highest BCUT2D eigenvalue weighted by Crippen LogP contribution is 2.24. The zero-order valence-corrected chi connectivity index (χ0v) is 13.6. The molecule has 3 atom stereocenters. The van der Waals surface area contributed by atoms with E-state index in [1.807, 2.05) is 43.0 Å². The van der Waals surface area contributed by atoms with Crippen LogP contribution in [0.1, 0.15) is 31.9 Å². The number of likely N-dealkylation sites (tertiary alicyclic amines) is 1. The minimum atomic E-state index is -0.340. The van der Waals surface area contributed by atoms with Crippen molar-refractivity contribution in [2.24, 2.45) is 5.92 Å². The maximum absolute atomic E-state index is 12.2. The second-order valence-electron chi connectivity index (χ2n) is 6.10. The number of carbonyl (C=O) groups is 1. The summed E-state index contributed by atoms with van der Waals surface area (Å²) in [7, 11) is 1.63. The molecule has 0 aliphatic carbocycles. The molecule has 0 spiro atoms. The molecular formula is C17H26N2O3. The Hall–Kier alpha value is -1.59. The Morgan fingerprint density at radius 1 is 1.50 bits per heavy atom. The van der Waals surface area contributed by atoms with Crippen molar-refractivity contribution in [2.45, 2.75) is 32.4 Å². The van der Waals surface area contributed by atoms with Crippen LogP contribution in [0.3, 0.4) is 0 Å². The molecule has 22 heavy (non-hydrogen) atoms. The minimum absolute atomic E-state index is 0.0276. The van der Waals surface area contributed by atoms with Crippen LogP contribution in [-0.4, -0.2) is 48.8 Å². The summed E-state index contributed by atoms with van der Waals surface area (Å²) < 4.78 is 5.33. The normalized spacial score (nSPS) is 23.8. The van der Waals surface area contributed by atoms with Gasteiger partial charge >= 0.3 is 0 Å². The van der Waals surface area contributed by atoms with E-state index in [0.29, 0.717) is 19.0 Å². The van der Waals surface area contributed by atoms with Gasteiger partial charge < -0.3 is 15.2 Å². The number of aliphatic hydroxyl groups is 1. The molecule has 1 saturated heterocycles. The van der Waals surface area contributed by atoms with Gasteiger partial charge in [-0.3, -0.25) is 9.69 Å². The lowest BCUT2D eigenvalue weighted by Gasteiger charge is -2.34. The number of carbonyl (C=O) groups excluding carboxylic acids is 1. The lowest BCUT2D eigenvalue weighted by Crippen LogP contribution is -2.47. The number of benzene rings is 1. The summed E-state index contributed by atoms with van der Waals surface area (Å²) >= 11 is 0. The Morgan fingerprint density at radius 3 is 2.91 bits per heavy atom. The van der Waals surface area contributed by atoms with Gasteiger partial charge in [0.05, 0.1) is 25.8 Å². The van der Waals surface area contributed by atoms with Crippen LogP contribution in [0.2, 0.25) is 0 Å².